The number of amides is 1. The van der Waals surface area contributed by atoms with E-state index in [-0.39, 0.29) is 0 Å². The van der Waals surface area contributed by atoms with Crippen molar-refractivity contribution in [2.45, 2.75) is 6.92 Å². The molecule has 58 valence electrons. The third kappa shape index (κ3) is 2.21. The summed E-state index contributed by atoms with van der Waals surface area (Å²) in [5.74, 6) is 0.834. The van der Waals surface area contributed by atoms with Crippen LogP contribution in [0.15, 0.2) is 12.3 Å². The molecule has 5 heteroatoms. The molecule has 0 unspecified atom stereocenters. The third-order valence-electron chi connectivity index (χ3n) is 1.01. The molecule has 0 aliphatic heterocycles. The van der Waals surface area contributed by atoms with Gasteiger partial charge in [0.25, 0.3) is 0 Å². The second-order valence-electron chi connectivity index (χ2n) is 1.92. The summed E-state index contributed by atoms with van der Waals surface area (Å²) in [4.78, 5) is 17.7. The monoisotopic (exact) mass is 153 g/mol. The summed E-state index contributed by atoms with van der Waals surface area (Å²) in [6.07, 6.45) is 0.372. The molecule has 0 spiro atoms. The molecular formula is C6H7N3O2. The van der Waals surface area contributed by atoms with Gasteiger partial charge < -0.3 is 5.11 Å². The van der Waals surface area contributed by atoms with E-state index in [0.717, 1.165) is 0 Å². The molecule has 0 saturated heterocycles. The molecule has 11 heavy (non-hydrogen) atoms. The van der Waals surface area contributed by atoms with Gasteiger partial charge in [-0.3, -0.25) is 5.32 Å². The summed E-state index contributed by atoms with van der Waals surface area (Å²) in [7, 11) is 0. The Morgan fingerprint density at radius 1 is 1.73 bits per heavy atom. The Morgan fingerprint density at radius 3 is 3.00 bits per heavy atom. The Labute approximate surface area is 63.1 Å². The standard InChI is InChI=1S/C6H7N3O2/c1-4-7-3-2-5(8-4)9-6(10)11/h2-3H,1H3,(H,10,11)(H,7,8,9). The predicted molar refractivity (Wildman–Crippen MR) is 38.4 cm³/mol. The van der Waals surface area contributed by atoms with Crippen molar-refractivity contribution in [1.29, 1.82) is 0 Å². The molecule has 5 nitrogen and oxygen atoms in total. The molecular weight excluding hydrogens is 146 g/mol. The molecule has 1 rings (SSSR count). The van der Waals surface area contributed by atoms with Crippen LogP contribution in [0.5, 0.6) is 0 Å². The van der Waals surface area contributed by atoms with E-state index >= 15 is 0 Å². The van der Waals surface area contributed by atoms with Crippen LogP contribution in [0.25, 0.3) is 0 Å². The zero-order valence-corrected chi connectivity index (χ0v) is 5.90. The second-order valence-corrected chi connectivity index (χ2v) is 1.92. The molecule has 0 aromatic carbocycles. The molecule has 1 amide bonds. The van der Waals surface area contributed by atoms with Gasteiger partial charge in [0.05, 0.1) is 0 Å². The van der Waals surface area contributed by atoms with Gasteiger partial charge >= 0.3 is 6.09 Å². The van der Waals surface area contributed by atoms with Crippen molar-refractivity contribution in [2.24, 2.45) is 0 Å². The predicted octanol–water partition coefficient (Wildman–Crippen LogP) is 0.875. The van der Waals surface area contributed by atoms with Crippen LogP contribution in [-0.2, 0) is 0 Å². The quantitative estimate of drug-likeness (QED) is 0.627. The lowest BCUT2D eigenvalue weighted by Crippen LogP contribution is -2.09. The van der Waals surface area contributed by atoms with Gasteiger partial charge in [-0.1, -0.05) is 0 Å². The van der Waals surface area contributed by atoms with Crippen molar-refractivity contribution < 1.29 is 9.90 Å². The highest BCUT2D eigenvalue weighted by Crippen LogP contribution is 1.99. The first kappa shape index (κ1) is 7.46. The normalized spacial score (nSPS) is 9.18. The van der Waals surface area contributed by atoms with Crippen molar-refractivity contribution in [3.8, 4) is 0 Å². The van der Waals surface area contributed by atoms with Crippen molar-refractivity contribution in [2.75, 3.05) is 5.32 Å². The maximum absolute atomic E-state index is 10.1. The highest BCUT2D eigenvalue weighted by molar-refractivity contribution is 5.81. The van der Waals surface area contributed by atoms with E-state index in [1.165, 1.54) is 12.3 Å². The van der Waals surface area contributed by atoms with Crippen molar-refractivity contribution in [3.63, 3.8) is 0 Å². The molecule has 0 atom stereocenters. The number of carbonyl (C=O) groups is 1. The molecule has 0 bridgehead atoms. The van der Waals surface area contributed by atoms with Crippen LogP contribution in [0.2, 0.25) is 0 Å². The largest absolute Gasteiger partial charge is 0.465 e. The van der Waals surface area contributed by atoms with Crippen LogP contribution in [0.1, 0.15) is 5.82 Å². The maximum Gasteiger partial charge on any atom is 0.410 e. The average molecular weight is 153 g/mol. The van der Waals surface area contributed by atoms with Crippen molar-refractivity contribution in [3.05, 3.63) is 18.1 Å². The Hall–Kier alpha value is -1.65. The molecule has 0 aliphatic carbocycles. The van der Waals surface area contributed by atoms with Crippen LogP contribution < -0.4 is 5.32 Å². The highest BCUT2D eigenvalue weighted by Gasteiger charge is 1.97. The number of nitrogens with one attached hydrogen (secondary N) is 1. The summed E-state index contributed by atoms with van der Waals surface area (Å²) in [5, 5.41) is 10.4. The molecule has 0 aliphatic rings. The zero-order valence-electron chi connectivity index (χ0n) is 5.90. The summed E-state index contributed by atoms with van der Waals surface area (Å²) < 4.78 is 0. The smallest absolute Gasteiger partial charge is 0.410 e. The lowest BCUT2D eigenvalue weighted by molar-refractivity contribution is 0.209. The van der Waals surface area contributed by atoms with E-state index in [0.29, 0.717) is 11.6 Å². The molecule has 1 heterocycles. The van der Waals surface area contributed by atoms with Gasteiger partial charge in [-0.2, -0.15) is 0 Å². The fourth-order valence-electron chi connectivity index (χ4n) is 0.635. The maximum atomic E-state index is 10.1. The van der Waals surface area contributed by atoms with E-state index in [4.69, 9.17) is 5.11 Å². The minimum Gasteiger partial charge on any atom is -0.465 e. The van der Waals surface area contributed by atoms with Gasteiger partial charge in [-0.05, 0) is 13.0 Å². The number of hydrogen-bond acceptors (Lipinski definition) is 3. The molecule has 0 fully saturated rings. The first-order valence-corrected chi connectivity index (χ1v) is 2.98. The van der Waals surface area contributed by atoms with Crippen molar-refractivity contribution >= 4 is 11.9 Å². The summed E-state index contributed by atoms with van der Waals surface area (Å²) >= 11 is 0. The van der Waals surface area contributed by atoms with Gasteiger partial charge in [-0.15, -0.1) is 0 Å². The number of hydrogen-bond donors (Lipinski definition) is 2. The van der Waals surface area contributed by atoms with E-state index in [2.05, 4.69) is 15.3 Å². The minimum atomic E-state index is -1.12. The lowest BCUT2D eigenvalue weighted by atomic mass is 10.5. The van der Waals surface area contributed by atoms with E-state index < -0.39 is 6.09 Å². The summed E-state index contributed by atoms with van der Waals surface area (Å²) in [6, 6.07) is 1.49. The lowest BCUT2D eigenvalue weighted by Gasteiger charge is -1.98. The number of aromatic nitrogens is 2. The van der Waals surface area contributed by atoms with Gasteiger partial charge in [0, 0.05) is 6.20 Å². The minimum absolute atomic E-state index is 0.296. The van der Waals surface area contributed by atoms with Gasteiger partial charge in [0.2, 0.25) is 0 Å². The fraction of sp³-hybridized carbons (Fsp3) is 0.167. The Morgan fingerprint density at radius 2 is 2.45 bits per heavy atom. The van der Waals surface area contributed by atoms with Crippen LogP contribution in [-0.4, -0.2) is 21.2 Å². The molecule has 2 N–H and O–H groups in total. The zero-order chi connectivity index (χ0) is 8.27. The van der Waals surface area contributed by atoms with Crippen LogP contribution in [0.4, 0.5) is 10.6 Å². The van der Waals surface area contributed by atoms with Gasteiger partial charge in [-0.25, -0.2) is 14.8 Å². The first-order valence-electron chi connectivity index (χ1n) is 2.98. The Kier molecular flexibility index (Phi) is 2.00. The fourth-order valence-corrected chi connectivity index (χ4v) is 0.635. The Balaban J connectivity index is 2.79. The number of rotatable bonds is 1. The van der Waals surface area contributed by atoms with E-state index in [1.54, 1.807) is 6.92 Å². The van der Waals surface area contributed by atoms with Crippen LogP contribution in [0.3, 0.4) is 0 Å². The number of nitrogens with zero attached hydrogens (tertiary/aromatic N) is 2. The average Bonchev–Trinajstić information content (AvgIpc) is 1.85. The Bertz CT molecular complexity index is 274. The second kappa shape index (κ2) is 2.96. The highest BCUT2D eigenvalue weighted by atomic mass is 16.4. The van der Waals surface area contributed by atoms with Crippen LogP contribution in [0, 0.1) is 6.92 Å². The van der Waals surface area contributed by atoms with Crippen LogP contribution >= 0.6 is 0 Å². The first-order chi connectivity index (χ1) is 5.18. The SMILES string of the molecule is Cc1nccc(NC(=O)O)n1. The molecule has 0 radical (unpaired) electrons. The molecule has 0 saturated carbocycles. The molecule has 1 aromatic heterocycles. The van der Waals surface area contributed by atoms with E-state index in [1.807, 2.05) is 0 Å². The third-order valence-corrected chi connectivity index (χ3v) is 1.01. The van der Waals surface area contributed by atoms with E-state index in [9.17, 15) is 4.79 Å². The van der Waals surface area contributed by atoms with Gasteiger partial charge in [0.15, 0.2) is 0 Å². The number of aryl methyl sites for hydroxylation is 1. The van der Waals surface area contributed by atoms with Crippen molar-refractivity contribution in [1.82, 2.24) is 9.97 Å². The van der Waals surface area contributed by atoms with Gasteiger partial charge in [0.1, 0.15) is 11.6 Å². The summed E-state index contributed by atoms with van der Waals surface area (Å²) in [5.41, 5.74) is 0. The molecule has 1 aromatic rings. The number of carboxylic acid groups (broad SMARTS) is 1. The summed E-state index contributed by atoms with van der Waals surface area (Å²) in [6.45, 7) is 1.69. The topological polar surface area (TPSA) is 75.1 Å². The number of anilines is 1.